The number of hydrogen-bond donors (Lipinski definition) is 1. The summed E-state index contributed by atoms with van der Waals surface area (Å²) in [6.45, 7) is 5.52. The Labute approximate surface area is 175 Å². The van der Waals surface area contributed by atoms with E-state index in [1.165, 1.54) is 23.5 Å². The van der Waals surface area contributed by atoms with Gasteiger partial charge in [0.1, 0.15) is 27.0 Å². The summed E-state index contributed by atoms with van der Waals surface area (Å²) >= 11 is 4.60. The lowest BCUT2D eigenvalue weighted by atomic mass is 10.1. The summed E-state index contributed by atoms with van der Waals surface area (Å²) in [5, 5.41) is 3.68. The molecule has 1 aromatic heterocycles. The molecule has 1 fully saturated rings. The van der Waals surface area contributed by atoms with E-state index in [2.05, 4.69) is 31.3 Å². The Kier molecular flexibility index (Phi) is 7.67. The van der Waals surface area contributed by atoms with E-state index in [1.54, 1.807) is 26.2 Å². The molecule has 0 radical (unpaired) electrons. The minimum Gasteiger partial charge on any atom is -0.468 e. The molecule has 1 aliphatic rings. The number of rotatable bonds is 4. The van der Waals surface area contributed by atoms with Crippen molar-refractivity contribution in [1.82, 2.24) is 15.4 Å². The first-order chi connectivity index (χ1) is 13.1. The van der Waals surface area contributed by atoms with Crippen molar-refractivity contribution < 1.29 is 23.9 Å². The molecular formula is C17H23BrN4O5S. The summed E-state index contributed by atoms with van der Waals surface area (Å²) in [6, 6.07) is -0.625. The van der Waals surface area contributed by atoms with Gasteiger partial charge in [-0.05, 0) is 49.5 Å². The van der Waals surface area contributed by atoms with Gasteiger partial charge in [-0.25, -0.2) is 15.2 Å². The van der Waals surface area contributed by atoms with Crippen LogP contribution in [0.15, 0.2) is 15.0 Å². The third-order valence-electron chi connectivity index (χ3n) is 3.63. The molecule has 9 nitrogen and oxygen atoms in total. The van der Waals surface area contributed by atoms with Crippen molar-refractivity contribution in [3.63, 3.8) is 0 Å². The smallest absolute Gasteiger partial charge is 0.434 e. The summed E-state index contributed by atoms with van der Waals surface area (Å²) in [5.74, 6) is -0.960. The Balaban J connectivity index is 2.22. The van der Waals surface area contributed by atoms with Crippen molar-refractivity contribution in [3.8, 4) is 0 Å². The first-order valence-corrected chi connectivity index (χ1v) is 10.3. The summed E-state index contributed by atoms with van der Waals surface area (Å²) in [5.41, 5.74) is 2.09. The number of nitrogens with zero attached hydrogens (tertiary/aromatic N) is 3. The van der Waals surface area contributed by atoms with Crippen LogP contribution in [0.2, 0.25) is 0 Å². The molecule has 0 saturated carbocycles. The SMILES string of the molecule is COC(=O)[C@@H]1CCCN(C(=O)/C(Cc2nc(Br)cs2)=N/C(=O)OC(C)(C)C)N1. The van der Waals surface area contributed by atoms with E-state index in [-0.39, 0.29) is 12.1 Å². The molecule has 1 atom stereocenters. The fourth-order valence-corrected chi connectivity index (χ4v) is 3.74. The highest BCUT2D eigenvalue weighted by Gasteiger charge is 2.31. The first kappa shape index (κ1) is 22.4. The van der Waals surface area contributed by atoms with E-state index in [0.717, 1.165) is 0 Å². The molecule has 11 heteroatoms. The monoisotopic (exact) mass is 474 g/mol. The van der Waals surface area contributed by atoms with Crippen LogP contribution in [0.3, 0.4) is 0 Å². The van der Waals surface area contributed by atoms with Crippen molar-refractivity contribution in [2.45, 2.75) is 51.7 Å². The number of hydrogen-bond acceptors (Lipinski definition) is 8. The number of methoxy groups -OCH3 is 1. The zero-order chi connectivity index (χ0) is 20.9. The van der Waals surface area contributed by atoms with Crippen molar-refractivity contribution in [3.05, 3.63) is 15.0 Å². The number of ether oxygens (including phenoxy) is 2. The molecule has 1 aromatic rings. The van der Waals surface area contributed by atoms with Gasteiger partial charge < -0.3 is 9.47 Å². The van der Waals surface area contributed by atoms with Gasteiger partial charge in [0.2, 0.25) is 0 Å². The Bertz CT molecular complexity index is 774. The van der Waals surface area contributed by atoms with Crippen LogP contribution in [0.25, 0.3) is 0 Å². The van der Waals surface area contributed by atoms with Crippen LogP contribution in [0.5, 0.6) is 0 Å². The standard InChI is InChI=1S/C17H23BrN4O5S/c1-17(2,3)27-16(25)19-11(8-13-20-12(18)9-28-13)14(23)22-7-5-6-10(21-22)15(24)26-4/h9-10,21H,5-8H2,1-4H3/b19-11+/t10-/m0/s1. The highest BCUT2D eigenvalue weighted by Crippen LogP contribution is 2.17. The lowest BCUT2D eigenvalue weighted by Gasteiger charge is -2.32. The summed E-state index contributed by atoms with van der Waals surface area (Å²) < 4.78 is 10.6. The predicted octanol–water partition coefficient (Wildman–Crippen LogP) is 2.49. The van der Waals surface area contributed by atoms with Gasteiger partial charge in [0.05, 0.1) is 7.11 Å². The topological polar surface area (TPSA) is 110 Å². The van der Waals surface area contributed by atoms with Crippen LogP contribution in [0, 0.1) is 0 Å². The second-order valence-corrected chi connectivity index (χ2v) is 8.84. The fraction of sp³-hybridized carbons (Fsp3) is 0.588. The van der Waals surface area contributed by atoms with Gasteiger partial charge in [-0.1, -0.05) is 0 Å². The number of carbonyl (C=O) groups excluding carboxylic acids is 3. The average molecular weight is 475 g/mol. The van der Waals surface area contributed by atoms with Crippen molar-refractivity contribution in [2.75, 3.05) is 13.7 Å². The molecule has 2 amide bonds. The van der Waals surface area contributed by atoms with E-state index in [1.807, 2.05) is 0 Å². The Morgan fingerprint density at radius 1 is 1.43 bits per heavy atom. The molecule has 0 spiro atoms. The van der Waals surface area contributed by atoms with Crippen LogP contribution in [-0.2, 0) is 25.5 Å². The number of carbonyl (C=O) groups is 3. The number of thiazole rings is 1. The maximum absolute atomic E-state index is 13.0. The Morgan fingerprint density at radius 3 is 2.71 bits per heavy atom. The first-order valence-electron chi connectivity index (χ1n) is 8.65. The van der Waals surface area contributed by atoms with Crippen LogP contribution in [-0.4, -0.2) is 59.0 Å². The zero-order valence-corrected chi connectivity index (χ0v) is 18.6. The van der Waals surface area contributed by atoms with E-state index < -0.39 is 29.6 Å². The third kappa shape index (κ3) is 6.64. The Morgan fingerprint density at radius 2 is 2.14 bits per heavy atom. The quantitative estimate of drug-likeness (QED) is 0.526. The van der Waals surface area contributed by atoms with Crippen LogP contribution < -0.4 is 5.43 Å². The van der Waals surface area contributed by atoms with Crippen molar-refractivity contribution in [2.24, 2.45) is 4.99 Å². The maximum Gasteiger partial charge on any atom is 0.434 e. The second-order valence-electron chi connectivity index (χ2n) is 7.08. The van der Waals surface area contributed by atoms with E-state index in [0.29, 0.717) is 29.0 Å². The molecule has 0 unspecified atom stereocenters. The predicted molar refractivity (Wildman–Crippen MR) is 107 cm³/mol. The zero-order valence-electron chi connectivity index (χ0n) is 16.2. The summed E-state index contributed by atoms with van der Waals surface area (Å²) in [6.07, 6.45) is 0.373. The third-order valence-corrected chi connectivity index (χ3v) is 5.18. The Hall–Kier alpha value is -1.85. The molecule has 1 N–H and O–H groups in total. The lowest BCUT2D eigenvalue weighted by Crippen LogP contribution is -2.57. The number of aliphatic imine (C=N–C) groups is 1. The van der Waals surface area contributed by atoms with Crippen LogP contribution in [0.4, 0.5) is 4.79 Å². The highest BCUT2D eigenvalue weighted by atomic mass is 79.9. The number of hydrazine groups is 1. The largest absolute Gasteiger partial charge is 0.468 e. The highest BCUT2D eigenvalue weighted by molar-refractivity contribution is 9.10. The number of amides is 2. The maximum atomic E-state index is 13.0. The molecule has 2 heterocycles. The molecule has 154 valence electrons. The van der Waals surface area contributed by atoms with Gasteiger partial charge >= 0.3 is 12.1 Å². The molecule has 0 aliphatic carbocycles. The van der Waals surface area contributed by atoms with Gasteiger partial charge in [0.15, 0.2) is 0 Å². The fourth-order valence-electron chi connectivity index (χ4n) is 2.47. The van der Waals surface area contributed by atoms with Crippen molar-refractivity contribution in [1.29, 1.82) is 0 Å². The normalized spacial score (nSPS) is 18.0. The van der Waals surface area contributed by atoms with Crippen LogP contribution in [0.1, 0.15) is 38.6 Å². The molecule has 0 aromatic carbocycles. The van der Waals surface area contributed by atoms with Gasteiger partial charge in [-0.15, -0.1) is 11.3 Å². The molecular weight excluding hydrogens is 452 g/mol. The van der Waals surface area contributed by atoms with Crippen molar-refractivity contribution >= 4 is 50.9 Å². The van der Waals surface area contributed by atoms with E-state index in [4.69, 9.17) is 9.47 Å². The number of nitrogens with one attached hydrogen (secondary N) is 1. The van der Waals surface area contributed by atoms with Gasteiger partial charge in [0.25, 0.3) is 5.91 Å². The van der Waals surface area contributed by atoms with Gasteiger partial charge in [-0.2, -0.15) is 4.99 Å². The number of halogens is 1. The minimum absolute atomic E-state index is 0.0193. The molecule has 0 bridgehead atoms. The molecule has 28 heavy (non-hydrogen) atoms. The molecule has 1 aliphatic heterocycles. The second kappa shape index (κ2) is 9.57. The van der Waals surface area contributed by atoms with Gasteiger partial charge in [-0.3, -0.25) is 14.6 Å². The minimum atomic E-state index is -0.854. The van der Waals surface area contributed by atoms with Gasteiger partial charge in [0, 0.05) is 18.3 Å². The number of esters is 1. The van der Waals surface area contributed by atoms with Crippen LogP contribution >= 0.6 is 27.3 Å². The summed E-state index contributed by atoms with van der Waals surface area (Å²) in [7, 11) is 1.29. The summed E-state index contributed by atoms with van der Waals surface area (Å²) in [4.78, 5) is 45.1. The number of aromatic nitrogens is 1. The van der Waals surface area contributed by atoms with E-state index >= 15 is 0 Å². The molecule has 1 saturated heterocycles. The lowest BCUT2D eigenvalue weighted by molar-refractivity contribution is -0.147. The average Bonchev–Trinajstić information content (AvgIpc) is 3.03. The molecule has 2 rings (SSSR count). The van der Waals surface area contributed by atoms with E-state index in [9.17, 15) is 14.4 Å².